The van der Waals surface area contributed by atoms with Crippen LogP contribution in [0.15, 0.2) is 18.2 Å². The zero-order valence-corrected chi connectivity index (χ0v) is 14.4. The highest BCUT2D eigenvalue weighted by Crippen LogP contribution is 2.24. The lowest BCUT2D eigenvalue weighted by Gasteiger charge is -2.14. The molecule has 0 N–H and O–H groups in total. The summed E-state index contributed by atoms with van der Waals surface area (Å²) in [6.45, 7) is 7.19. The molecule has 2 heteroatoms. The minimum Gasteiger partial charge on any atom is -0.295 e. The normalized spacial score (nSPS) is 14.3. The van der Waals surface area contributed by atoms with Crippen molar-refractivity contribution in [3.8, 4) is 0 Å². The number of hydrogen-bond acceptors (Lipinski definition) is 2. The molecule has 0 bridgehead atoms. The molecular weight excluding hydrogens is 270 g/mol. The number of ketones is 1. The van der Waals surface area contributed by atoms with Crippen molar-refractivity contribution in [1.29, 1.82) is 0 Å². The van der Waals surface area contributed by atoms with Gasteiger partial charge in [0.1, 0.15) is 0 Å². The molecule has 1 aromatic carbocycles. The summed E-state index contributed by atoms with van der Waals surface area (Å²) in [6, 6.07) is 6.20. The fourth-order valence-electron chi connectivity index (χ4n) is 3.31. The van der Waals surface area contributed by atoms with Crippen molar-refractivity contribution in [2.75, 3.05) is 6.54 Å². The van der Waals surface area contributed by atoms with E-state index < -0.39 is 0 Å². The van der Waals surface area contributed by atoms with Gasteiger partial charge in [0.25, 0.3) is 0 Å². The minimum atomic E-state index is 0.171. The van der Waals surface area contributed by atoms with Crippen LogP contribution in [-0.4, -0.2) is 17.2 Å². The lowest BCUT2D eigenvalue weighted by atomic mass is 10.0. The molecule has 1 aliphatic heterocycles. The van der Waals surface area contributed by atoms with Crippen molar-refractivity contribution >= 4 is 5.78 Å². The molecule has 0 unspecified atom stereocenters. The summed E-state index contributed by atoms with van der Waals surface area (Å²) >= 11 is 0. The first kappa shape index (κ1) is 17.2. The Morgan fingerprint density at radius 3 is 2.27 bits per heavy atom. The van der Waals surface area contributed by atoms with Crippen LogP contribution in [0.1, 0.15) is 86.7 Å². The Morgan fingerprint density at radius 2 is 1.59 bits per heavy atom. The molecule has 22 heavy (non-hydrogen) atoms. The average Bonchev–Trinajstić information content (AvgIpc) is 2.91. The van der Waals surface area contributed by atoms with Crippen LogP contribution in [0.25, 0.3) is 0 Å². The fourth-order valence-corrected chi connectivity index (χ4v) is 3.31. The number of carbonyl (C=O) groups is 1. The van der Waals surface area contributed by atoms with Crippen LogP contribution >= 0.6 is 0 Å². The van der Waals surface area contributed by atoms with Crippen LogP contribution in [0, 0.1) is 0 Å². The standard InChI is InChI=1S/C20H31NO/c1-3-4-5-6-7-8-9-10-13-21-15-19-12-11-18(17(2)22)14-20(19)16-21/h11-12,14H,3-10,13,15-16H2,1-2H3. The van der Waals surface area contributed by atoms with E-state index >= 15 is 0 Å². The third-order valence-corrected chi connectivity index (χ3v) is 4.73. The predicted octanol–water partition coefficient (Wildman–Crippen LogP) is 5.35. The molecule has 0 saturated heterocycles. The topological polar surface area (TPSA) is 20.3 Å². The van der Waals surface area contributed by atoms with Crippen LogP contribution < -0.4 is 0 Å². The van der Waals surface area contributed by atoms with Crippen molar-refractivity contribution in [2.45, 2.75) is 78.3 Å². The minimum absolute atomic E-state index is 0.171. The van der Waals surface area contributed by atoms with Gasteiger partial charge in [0.15, 0.2) is 5.78 Å². The van der Waals surface area contributed by atoms with Crippen molar-refractivity contribution < 1.29 is 4.79 Å². The highest BCUT2D eigenvalue weighted by Gasteiger charge is 2.19. The first-order valence-electron chi connectivity index (χ1n) is 9.06. The zero-order valence-electron chi connectivity index (χ0n) is 14.4. The van der Waals surface area contributed by atoms with Crippen LogP contribution in [0.3, 0.4) is 0 Å². The van der Waals surface area contributed by atoms with Gasteiger partial charge in [-0.05, 0) is 37.1 Å². The Labute approximate surface area is 135 Å². The Hall–Kier alpha value is -1.15. The van der Waals surface area contributed by atoms with E-state index in [1.165, 1.54) is 69.0 Å². The van der Waals surface area contributed by atoms with E-state index in [0.717, 1.165) is 18.7 Å². The molecule has 0 radical (unpaired) electrons. The van der Waals surface area contributed by atoms with Crippen molar-refractivity contribution in [2.24, 2.45) is 0 Å². The lowest BCUT2D eigenvalue weighted by Crippen LogP contribution is -2.17. The third kappa shape index (κ3) is 5.24. The van der Waals surface area contributed by atoms with E-state index in [-0.39, 0.29) is 5.78 Å². The third-order valence-electron chi connectivity index (χ3n) is 4.73. The van der Waals surface area contributed by atoms with Crippen LogP contribution in [0.5, 0.6) is 0 Å². The lowest BCUT2D eigenvalue weighted by molar-refractivity contribution is 0.101. The van der Waals surface area contributed by atoms with Crippen LogP contribution in [-0.2, 0) is 13.1 Å². The molecule has 0 aromatic heterocycles. The molecule has 2 rings (SSSR count). The van der Waals surface area contributed by atoms with E-state index in [9.17, 15) is 4.79 Å². The molecule has 0 saturated carbocycles. The Kier molecular flexibility index (Phi) is 7.11. The second-order valence-corrected chi connectivity index (χ2v) is 6.73. The molecule has 0 atom stereocenters. The average molecular weight is 301 g/mol. The van der Waals surface area contributed by atoms with Gasteiger partial charge >= 0.3 is 0 Å². The summed E-state index contributed by atoms with van der Waals surface area (Å²) in [7, 11) is 0. The molecular formula is C20H31NO. The van der Waals surface area contributed by atoms with Gasteiger partial charge in [0.05, 0.1) is 0 Å². The van der Waals surface area contributed by atoms with E-state index in [1.807, 2.05) is 6.07 Å². The van der Waals surface area contributed by atoms with Gasteiger partial charge in [-0.1, -0.05) is 64.0 Å². The molecule has 0 aliphatic carbocycles. The van der Waals surface area contributed by atoms with Gasteiger partial charge in [-0.25, -0.2) is 0 Å². The Balaban J connectivity index is 1.62. The second-order valence-electron chi connectivity index (χ2n) is 6.73. The van der Waals surface area contributed by atoms with Crippen molar-refractivity contribution in [3.63, 3.8) is 0 Å². The molecule has 2 nitrogen and oxygen atoms in total. The van der Waals surface area contributed by atoms with Crippen LogP contribution in [0.4, 0.5) is 0 Å². The molecule has 1 heterocycles. The fraction of sp³-hybridized carbons (Fsp3) is 0.650. The molecule has 0 amide bonds. The molecule has 122 valence electrons. The van der Waals surface area contributed by atoms with E-state index in [4.69, 9.17) is 0 Å². The Bertz CT molecular complexity index is 481. The second kappa shape index (κ2) is 9.09. The summed E-state index contributed by atoms with van der Waals surface area (Å²) in [4.78, 5) is 14.0. The highest BCUT2D eigenvalue weighted by molar-refractivity contribution is 5.94. The number of Topliss-reactive ketones (excluding diaryl/α,β-unsaturated/α-hetero) is 1. The predicted molar refractivity (Wildman–Crippen MR) is 93.2 cm³/mol. The number of carbonyl (C=O) groups excluding carboxylic acids is 1. The largest absolute Gasteiger partial charge is 0.295 e. The molecule has 0 spiro atoms. The molecule has 1 aromatic rings. The summed E-state index contributed by atoms with van der Waals surface area (Å²) in [5.41, 5.74) is 3.62. The maximum absolute atomic E-state index is 11.5. The van der Waals surface area contributed by atoms with Gasteiger partial charge in [0, 0.05) is 18.7 Å². The number of rotatable bonds is 10. The maximum atomic E-state index is 11.5. The molecule has 0 fully saturated rings. The van der Waals surface area contributed by atoms with Gasteiger partial charge in [-0.2, -0.15) is 0 Å². The summed E-state index contributed by atoms with van der Waals surface area (Å²) in [5.74, 6) is 0.171. The van der Waals surface area contributed by atoms with Crippen LogP contribution in [0.2, 0.25) is 0 Å². The maximum Gasteiger partial charge on any atom is 0.159 e. The Morgan fingerprint density at radius 1 is 0.955 bits per heavy atom. The quantitative estimate of drug-likeness (QED) is 0.429. The van der Waals surface area contributed by atoms with E-state index in [2.05, 4.69) is 24.0 Å². The number of hydrogen-bond donors (Lipinski definition) is 0. The highest BCUT2D eigenvalue weighted by atomic mass is 16.1. The number of benzene rings is 1. The molecule has 1 aliphatic rings. The van der Waals surface area contributed by atoms with E-state index in [0.29, 0.717) is 0 Å². The first-order chi connectivity index (χ1) is 10.7. The van der Waals surface area contributed by atoms with Gasteiger partial charge in [-0.3, -0.25) is 9.69 Å². The summed E-state index contributed by atoms with van der Waals surface area (Å²) in [5, 5.41) is 0. The SMILES string of the molecule is CCCCCCCCCCN1Cc2ccc(C(C)=O)cc2C1. The zero-order chi connectivity index (χ0) is 15.8. The monoisotopic (exact) mass is 301 g/mol. The summed E-state index contributed by atoms with van der Waals surface area (Å²) < 4.78 is 0. The first-order valence-corrected chi connectivity index (χ1v) is 9.06. The van der Waals surface area contributed by atoms with E-state index in [1.54, 1.807) is 6.92 Å². The van der Waals surface area contributed by atoms with Gasteiger partial charge < -0.3 is 0 Å². The smallest absolute Gasteiger partial charge is 0.159 e. The van der Waals surface area contributed by atoms with Gasteiger partial charge in [-0.15, -0.1) is 0 Å². The van der Waals surface area contributed by atoms with Gasteiger partial charge in [0.2, 0.25) is 0 Å². The number of fused-ring (bicyclic) bond motifs is 1. The number of unbranched alkanes of at least 4 members (excludes halogenated alkanes) is 7. The van der Waals surface area contributed by atoms with Crippen molar-refractivity contribution in [3.05, 3.63) is 34.9 Å². The number of nitrogens with zero attached hydrogens (tertiary/aromatic N) is 1. The summed E-state index contributed by atoms with van der Waals surface area (Å²) in [6.07, 6.45) is 11.0. The van der Waals surface area contributed by atoms with Crippen molar-refractivity contribution in [1.82, 2.24) is 4.90 Å².